The highest BCUT2D eigenvalue weighted by molar-refractivity contribution is 6.46. The summed E-state index contributed by atoms with van der Waals surface area (Å²) in [5.41, 5.74) is 1.84. The van der Waals surface area contributed by atoms with E-state index in [1.54, 1.807) is 37.3 Å². The Morgan fingerprint density at radius 3 is 2.43 bits per heavy atom. The number of benzene rings is 2. The number of ether oxygens (including phenoxy) is 2. The number of ketones is 1. The molecule has 37 heavy (non-hydrogen) atoms. The van der Waals surface area contributed by atoms with Crippen molar-refractivity contribution in [3.63, 3.8) is 0 Å². The van der Waals surface area contributed by atoms with E-state index in [-0.39, 0.29) is 22.8 Å². The van der Waals surface area contributed by atoms with Crippen LogP contribution >= 0.6 is 0 Å². The van der Waals surface area contributed by atoms with Crippen molar-refractivity contribution < 1.29 is 29.3 Å². The largest absolute Gasteiger partial charge is 0.507 e. The van der Waals surface area contributed by atoms with Crippen molar-refractivity contribution in [2.75, 3.05) is 40.4 Å². The molecule has 2 aromatic carbocycles. The Labute approximate surface area is 219 Å². The minimum absolute atomic E-state index is 0.0158. The van der Waals surface area contributed by atoms with Crippen molar-refractivity contribution in [2.24, 2.45) is 0 Å². The summed E-state index contributed by atoms with van der Waals surface area (Å²) in [4.78, 5) is 30.0. The van der Waals surface area contributed by atoms with Crippen LogP contribution in [0.2, 0.25) is 0 Å². The van der Waals surface area contributed by atoms with Crippen LogP contribution in [-0.4, -0.2) is 72.1 Å². The highest BCUT2D eigenvalue weighted by atomic mass is 16.5. The first-order chi connectivity index (χ1) is 17.7. The van der Waals surface area contributed by atoms with E-state index < -0.39 is 17.7 Å². The van der Waals surface area contributed by atoms with Gasteiger partial charge in [0, 0.05) is 12.1 Å². The van der Waals surface area contributed by atoms with Crippen molar-refractivity contribution >= 4 is 17.4 Å². The highest BCUT2D eigenvalue weighted by Gasteiger charge is 2.46. The average Bonchev–Trinajstić information content (AvgIpc) is 3.11. The minimum Gasteiger partial charge on any atom is -0.507 e. The van der Waals surface area contributed by atoms with E-state index in [1.165, 1.54) is 11.0 Å². The Balaban J connectivity index is 2.08. The summed E-state index contributed by atoms with van der Waals surface area (Å²) in [5.74, 6) is -0.710. The first-order valence-electron chi connectivity index (χ1n) is 12.8. The lowest BCUT2D eigenvalue weighted by atomic mass is 9.94. The van der Waals surface area contributed by atoms with E-state index in [1.807, 2.05) is 25.9 Å². The number of amides is 1. The van der Waals surface area contributed by atoms with Crippen LogP contribution in [0.3, 0.4) is 0 Å². The fourth-order valence-electron chi connectivity index (χ4n) is 4.43. The first-order valence-corrected chi connectivity index (χ1v) is 12.8. The Hall–Kier alpha value is -3.52. The van der Waals surface area contributed by atoms with Crippen LogP contribution in [-0.2, 0) is 9.59 Å². The van der Waals surface area contributed by atoms with Crippen LogP contribution in [0.4, 0.5) is 0 Å². The van der Waals surface area contributed by atoms with Crippen molar-refractivity contribution in [1.82, 2.24) is 9.80 Å². The summed E-state index contributed by atoms with van der Waals surface area (Å²) in [6.07, 6.45) is 2.61. The molecule has 1 saturated heterocycles. The Morgan fingerprint density at radius 2 is 1.78 bits per heavy atom. The minimum atomic E-state index is -0.817. The number of likely N-dealkylation sites (tertiary alicyclic amines) is 1. The number of aliphatic hydroxyl groups is 1. The zero-order chi connectivity index (χ0) is 27.1. The van der Waals surface area contributed by atoms with Crippen LogP contribution in [0, 0.1) is 6.92 Å². The van der Waals surface area contributed by atoms with Gasteiger partial charge in [-0.15, -0.1) is 0 Å². The van der Waals surface area contributed by atoms with Gasteiger partial charge < -0.3 is 29.5 Å². The van der Waals surface area contributed by atoms with E-state index in [0.29, 0.717) is 43.1 Å². The maximum Gasteiger partial charge on any atom is 0.295 e. The van der Waals surface area contributed by atoms with E-state index in [0.717, 1.165) is 24.9 Å². The number of aromatic hydroxyl groups is 1. The molecule has 1 atom stereocenters. The maximum absolute atomic E-state index is 13.3. The lowest BCUT2D eigenvalue weighted by molar-refractivity contribution is -0.139. The van der Waals surface area contributed by atoms with Crippen LogP contribution in [0.1, 0.15) is 55.8 Å². The van der Waals surface area contributed by atoms with Gasteiger partial charge in [-0.25, -0.2) is 0 Å². The molecule has 1 aliphatic heterocycles. The summed E-state index contributed by atoms with van der Waals surface area (Å²) in [7, 11) is 3.88. The zero-order valence-corrected chi connectivity index (χ0v) is 22.4. The van der Waals surface area contributed by atoms with Crippen molar-refractivity contribution in [3.8, 4) is 17.2 Å². The number of unbranched alkanes of at least 4 members (excludes halogenated alkanes) is 1. The van der Waals surface area contributed by atoms with Crippen LogP contribution < -0.4 is 9.47 Å². The second-order valence-electron chi connectivity index (χ2n) is 9.49. The molecule has 200 valence electrons. The molecule has 2 N–H and O–H groups in total. The number of phenols is 1. The van der Waals surface area contributed by atoms with E-state index in [2.05, 4.69) is 6.92 Å². The molecule has 0 saturated carbocycles. The van der Waals surface area contributed by atoms with Gasteiger partial charge in [-0.3, -0.25) is 9.59 Å². The number of rotatable bonds is 12. The molecule has 0 bridgehead atoms. The average molecular weight is 511 g/mol. The quantitative estimate of drug-likeness (QED) is 0.186. The molecule has 1 aliphatic rings. The van der Waals surface area contributed by atoms with Gasteiger partial charge in [0.2, 0.25) is 0 Å². The molecular weight excluding hydrogens is 472 g/mol. The van der Waals surface area contributed by atoms with Crippen molar-refractivity contribution in [2.45, 2.75) is 46.1 Å². The number of hydrogen-bond donors (Lipinski definition) is 2. The van der Waals surface area contributed by atoms with E-state index in [9.17, 15) is 19.8 Å². The first kappa shape index (κ1) is 28.1. The van der Waals surface area contributed by atoms with Crippen molar-refractivity contribution in [3.05, 3.63) is 58.7 Å². The third-order valence-corrected chi connectivity index (χ3v) is 6.35. The number of hydrogen-bond acceptors (Lipinski definition) is 7. The fraction of sp³-hybridized carbons (Fsp3) is 0.448. The smallest absolute Gasteiger partial charge is 0.295 e. The second kappa shape index (κ2) is 12.6. The van der Waals surface area contributed by atoms with E-state index >= 15 is 0 Å². The predicted molar refractivity (Wildman–Crippen MR) is 143 cm³/mol. The third kappa shape index (κ3) is 6.43. The molecule has 0 unspecified atom stereocenters. The maximum atomic E-state index is 13.3. The zero-order valence-electron chi connectivity index (χ0n) is 22.4. The van der Waals surface area contributed by atoms with Crippen LogP contribution in [0.5, 0.6) is 17.2 Å². The standard InChI is InChI=1S/C29H38N2O6/c1-6-8-16-37-23-13-11-21(17-19(23)3)27(33)25-26(20-10-12-22(32)24(18-20)36-7-2)31(29(35)28(25)34)15-9-14-30(4)5/h10-13,17-18,26,32-33H,6-9,14-16H2,1-5H3/t26-/m0/s1. The molecule has 1 fully saturated rings. The normalized spacial score (nSPS) is 17.0. The number of aryl methyl sites for hydroxylation is 1. The third-order valence-electron chi connectivity index (χ3n) is 6.35. The summed E-state index contributed by atoms with van der Waals surface area (Å²) in [6, 6.07) is 9.16. The SMILES string of the molecule is CCCCOc1ccc(C(O)=C2C(=O)C(=O)N(CCCN(C)C)[C@H]2c2ccc(O)c(OCC)c2)cc1C. The van der Waals surface area contributed by atoms with Gasteiger partial charge in [0.25, 0.3) is 11.7 Å². The summed E-state index contributed by atoms with van der Waals surface area (Å²) < 4.78 is 11.4. The van der Waals surface area contributed by atoms with Crippen molar-refractivity contribution in [1.29, 1.82) is 0 Å². The predicted octanol–water partition coefficient (Wildman–Crippen LogP) is 4.65. The number of aliphatic hydroxyl groups excluding tert-OH is 1. The molecule has 8 heteroatoms. The van der Waals surface area contributed by atoms with Gasteiger partial charge >= 0.3 is 0 Å². The molecule has 0 aromatic heterocycles. The molecule has 8 nitrogen and oxygen atoms in total. The Morgan fingerprint density at radius 1 is 1.03 bits per heavy atom. The second-order valence-corrected chi connectivity index (χ2v) is 9.49. The summed E-state index contributed by atoms with van der Waals surface area (Å²) >= 11 is 0. The van der Waals surface area contributed by atoms with Gasteiger partial charge in [0.05, 0.1) is 24.8 Å². The summed E-state index contributed by atoms with van der Waals surface area (Å²) in [5, 5.41) is 21.6. The molecule has 0 radical (unpaired) electrons. The van der Waals surface area contributed by atoms with Gasteiger partial charge in [0.1, 0.15) is 11.5 Å². The number of carbonyl (C=O) groups is 2. The van der Waals surface area contributed by atoms with E-state index in [4.69, 9.17) is 9.47 Å². The van der Waals surface area contributed by atoms with Crippen LogP contribution in [0.25, 0.3) is 5.76 Å². The lowest BCUT2D eigenvalue weighted by Crippen LogP contribution is -2.32. The molecule has 1 amide bonds. The molecule has 1 heterocycles. The monoisotopic (exact) mass is 510 g/mol. The van der Waals surface area contributed by atoms with Gasteiger partial charge in [-0.05, 0) is 88.8 Å². The number of phenolic OH excluding ortho intramolecular Hbond substituents is 1. The molecule has 3 rings (SSSR count). The summed E-state index contributed by atoms with van der Waals surface area (Å²) in [6.45, 7) is 7.78. The topological polar surface area (TPSA) is 99.5 Å². The van der Waals surface area contributed by atoms with Gasteiger partial charge in [-0.1, -0.05) is 19.4 Å². The number of carbonyl (C=O) groups excluding carboxylic acids is 2. The number of nitrogens with zero attached hydrogens (tertiary/aromatic N) is 2. The number of Topliss-reactive ketones (excluding diaryl/α,β-unsaturated/α-hetero) is 1. The lowest BCUT2D eigenvalue weighted by Gasteiger charge is -2.26. The van der Waals surface area contributed by atoms with Gasteiger partial charge in [0.15, 0.2) is 11.5 Å². The fourth-order valence-corrected chi connectivity index (χ4v) is 4.43. The Kier molecular flexibility index (Phi) is 9.58. The van der Waals surface area contributed by atoms with Crippen LogP contribution in [0.15, 0.2) is 42.0 Å². The molecule has 2 aromatic rings. The molecular formula is C29H38N2O6. The van der Waals surface area contributed by atoms with Gasteiger partial charge in [-0.2, -0.15) is 0 Å². The Bertz CT molecular complexity index is 1160. The highest BCUT2D eigenvalue weighted by Crippen LogP contribution is 2.42. The molecule has 0 aliphatic carbocycles. The molecule has 0 spiro atoms.